The zero-order valence-electron chi connectivity index (χ0n) is 10.2. The molecular weight excluding hydrogens is 210 g/mol. The molecule has 1 fully saturated rings. The third-order valence-corrected chi connectivity index (χ3v) is 2.66. The SMILES string of the molecule is CC(C(=O)O)C1CCN1C(=O)OC(C)(C)C. The first-order valence-electron chi connectivity index (χ1n) is 5.45. The summed E-state index contributed by atoms with van der Waals surface area (Å²) in [5, 5.41) is 8.87. The van der Waals surface area contributed by atoms with Crippen LogP contribution in [-0.2, 0) is 9.53 Å². The molecule has 5 nitrogen and oxygen atoms in total. The van der Waals surface area contributed by atoms with E-state index in [0.29, 0.717) is 6.54 Å². The van der Waals surface area contributed by atoms with Crippen molar-refractivity contribution in [3.63, 3.8) is 0 Å². The summed E-state index contributed by atoms with van der Waals surface area (Å²) in [5.74, 6) is -1.42. The number of carbonyl (C=O) groups excluding carboxylic acids is 1. The van der Waals surface area contributed by atoms with Gasteiger partial charge in [-0.25, -0.2) is 4.79 Å². The van der Waals surface area contributed by atoms with Crippen molar-refractivity contribution in [1.29, 1.82) is 0 Å². The van der Waals surface area contributed by atoms with Crippen LogP contribution in [0.15, 0.2) is 0 Å². The van der Waals surface area contributed by atoms with Gasteiger partial charge in [-0.1, -0.05) is 0 Å². The van der Waals surface area contributed by atoms with E-state index < -0.39 is 23.6 Å². The molecule has 0 aromatic carbocycles. The van der Waals surface area contributed by atoms with Crippen LogP contribution in [0.1, 0.15) is 34.1 Å². The number of hydrogen-bond acceptors (Lipinski definition) is 3. The summed E-state index contributed by atoms with van der Waals surface area (Å²) in [6, 6.07) is -0.229. The van der Waals surface area contributed by atoms with Crippen LogP contribution in [0, 0.1) is 5.92 Å². The maximum Gasteiger partial charge on any atom is 0.410 e. The van der Waals surface area contributed by atoms with E-state index in [1.165, 1.54) is 4.90 Å². The average Bonchev–Trinajstić information content (AvgIpc) is 1.97. The van der Waals surface area contributed by atoms with Crippen molar-refractivity contribution in [2.45, 2.75) is 45.8 Å². The minimum atomic E-state index is -0.877. The number of carboxylic acids is 1. The normalized spacial score (nSPS) is 22.2. The Morgan fingerprint density at radius 2 is 2.00 bits per heavy atom. The standard InChI is InChI=1S/C11H19NO4/c1-7(9(13)14)8-5-6-12(8)10(15)16-11(2,3)4/h7-8H,5-6H2,1-4H3,(H,13,14). The van der Waals surface area contributed by atoms with E-state index in [2.05, 4.69) is 0 Å². The fourth-order valence-corrected chi connectivity index (χ4v) is 1.64. The Bertz CT molecular complexity index is 295. The monoisotopic (exact) mass is 229 g/mol. The van der Waals surface area contributed by atoms with Crippen molar-refractivity contribution in [1.82, 2.24) is 4.90 Å². The van der Waals surface area contributed by atoms with Gasteiger partial charge in [0.1, 0.15) is 5.60 Å². The molecule has 1 aliphatic heterocycles. The van der Waals surface area contributed by atoms with Crippen LogP contribution >= 0.6 is 0 Å². The fourth-order valence-electron chi connectivity index (χ4n) is 1.64. The van der Waals surface area contributed by atoms with Gasteiger partial charge in [0, 0.05) is 12.6 Å². The van der Waals surface area contributed by atoms with Crippen molar-refractivity contribution in [2.75, 3.05) is 6.54 Å². The van der Waals surface area contributed by atoms with Gasteiger partial charge in [-0.3, -0.25) is 4.79 Å². The largest absolute Gasteiger partial charge is 0.481 e. The first kappa shape index (κ1) is 12.8. The summed E-state index contributed by atoms with van der Waals surface area (Å²) < 4.78 is 5.20. The summed E-state index contributed by atoms with van der Waals surface area (Å²) in [6.07, 6.45) is 0.309. The molecule has 0 bridgehead atoms. The van der Waals surface area contributed by atoms with Gasteiger partial charge < -0.3 is 14.7 Å². The van der Waals surface area contributed by atoms with Gasteiger partial charge in [0.05, 0.1) is 5.92 Å². The summed E-state index contributed by atoms with van der Waals surface area (Å²) in [7, 11) is 0. The molecule has 16 heavy (non-hydrogen) atoms. The molecule has 0 aliphatic carbocycles. The van der Waals surface area contributed by atoms with Crippen LogP contribution in [0.5, 0.6) is 0 Å². The van der Waals surface area contributed by atoms with Gasteiger partial charge in [-0.2, -0.15) is 0 Å². The first-order chi connectivity index (χ1) is 7.22. The quantitative estimate of drug-likeness (QED) is 0.782. The number of aliphatic carboxylic acids is 1. The zero-order valence-corrected chi connectivity index (χ0v) is 10.2. The lowest BCUT2D eigenvalue weighted by Gasteiger charge is -2.43. The molecule has 2 unspecified atom stereocenters. The van der Waals surface area contributed by atoms with E-state index in [1.54, 1.807) is 27.7 Å². The average molecular weight is 229 g/mol. The molecule has 0 spiro atoms. The number of ether oxygens (including phenoxy) is 1. The molecule has 2 atom stereocenters. The molecule has 0 aromatic rings. The smallest absolute Gasteiger partial charge is 0.410 e. The maximum atomic E-state index is 11.7. The van der Waals surface area contributed by atoms with Crippen LogP contribution in [-0.4, -0.2) is 40.3 Å². The lowest BCUT2D eigenvalue weighted by molar-refractivity contribution is -0.145. The topological polar surface area (TPSA) is 66.8 Å². The molecule has 1 heterocycles. The summed E-state index contributed by atoms with van der Waals surface area (Å²) in [6.45, 7) is 7.57. The predicted molar refractivity (Wildman–Crippen MR) is 58.1 cm³/mol. The third-order valence-electron chi connectivity index (χ3n) is 2.66. The zero-order chi connectivity index (χ0) is 12.5. The van der Waals surface area contributed by atoms with E-state index in [9.17, 15) is 9.59 Å². The number of likely N-dealkylation sites (tertiary alicyclic amines) is 1. The maximum absolute atomic E-state index is 11.7. The summed E-state index contributed by atoms with van der Waals surface area (Å²) >= 11 is 0. The number of carboxylic acid groups (broad SMARTS) is 1. The van der Waals surface area contributed by atoms with Crippen molar-refractivity contribution in [3.8, 4) is 0 Å². The molecule has 0 saturated carbocycles. The highest BCUT2D eigenvalue weighted by molar-refractivity contribution is 5.74. The molecule has 1 aliphatic rings. The first-order valence-corrected chi connectivity index (χ1v) is 5.45. The Hall–Kier alpha value is -1.26. The minimum Gasteiger partial charge on any atom is -0.481 e. The molecule has 1 saturated heterocycles. The number of hydrogen-bond donors (Lipinski definition) is 1. The lowest BCUT2D eigenvalue weighted by Crippen LogP contribution is -2.56. The number of amides is 1. The highest BCUT2D eigenvalue weighted by Crippen LogP contribution is 2.26. The number of nitrogens with zero attached hydrogens (tertiary/aromatic N) is 1. The highest BCUT2D eigenvalue weighted by Gasteiger charge is 2.40. The van der Waals surface area contributed by atoms with E-state index in [1.807, 2.05) is 0 Å². The van der Waals surface area contributed by atoms with E-state index in [0.717, 1.165) is 6.42 Å². The summed E-state index contributed by atoms with van der Waals surface area (Å²) in [5.41, 5.74) is -0.538. The Labute approximate surface area is 95.4 Å². The molecule has 92 valence electrons. The summed E-state index contributed by atoms with van der Waals surface area (Å²) in [4.78, 5) is 24.0. The Morgan fingerprint density at radius 3 is 2.31 bits per heavy atom. The molecule has 5 heteroatoms. The second-order valence-corrected chi connectivity index (χ2v) is 5.16. The van der Waals surface area contributed by atoms with Crippen LogP contribution in [0.2, 0.25) is 0 Å². The Balaban J connectivity index is 2.56. The predicted octanol–water partition coefficient (Wildman–Crippen LogP) is 1.72. The Morgan fingerprint density at radius 1 is 1.44 bits per heavy atom. The number of rotatable bonds is 2. The van der Waals surface area contributed by atoms with E-state index in [-0.39, 0.29) is 6.04 Å². The second-order valence-electron chi connectivity index (χ2n) is 5.16. The van der Waals surface area contributed by atoms with Crippen LogP contribution in [0.25, 0.3) is 0 Å². The van der Waals surface area contributed by atoms with Gasteiger partial charge in [0.2, 0.25) is 0 Å². The number of carbonyl (C=O) groups is 2. The lowest BCUT2D eigenvalue weighted by atomic mass is 9.91. The van der Waals surface area contributed by atoms with Gasteiger partial charge in [0.25, 0.3) is 0 Å². The van der Waals surface area contributed by atoms with Crippen molar-refractivity contribution < 1.29 is 19.4 Å². The van der Waals surface area contributed by atoms with E-state index >= 15 is 0 Å². The second kappa shape index (κ2) is 4.31. The van der Waals surface area contributed by atoms with E-state index in [4.69, 9.17) is 9.84 Å². The van der Waals surface area contributed by atoms with Gasteiger partial charge >= 0.3 is 12.1 Å². The van der Waals surface area contributed by atoms with Crippen LogP contribution in [0.3, 0.4) is 0 Å². The molecule has 1 rings (SSSR count). The highest BCUT2D eigenvalue weighted by atomic mass is 16.6. The third kappa shape index (κ3) is 2.87. The molecular formula is C11H19NO4. The van der Waals surface area contributed by atoms with Crippen LogP contribution in [0.4, 0.5) is 4.79 Å². The molecule has 0 aromatic heterocycles. The van der Waals surface area contributed by atoms with Gasteiger partial charge in [0.15, 0.2) is 0 Å². The molecule has 1 N–H and O–H groups in total. The molecule has 1 amide bonds. The molecule has 0 radical (unpaired) electrons. The Kier molecular flexibility index (Phi) is 3.45. The van der Waals surface area contributed by atoms with Crippen molar-refractivity contribution >= 4 is 12.1 Å². The minimum absolute atomic E-state index is 0.229. The van der Waals surface area contributed by atoms with Gasteiger partial charge in [-0.05, 0) is 34.1 Å². The van der Waals surface area contributed by atoms with Crippen molar-refractivity contribution in [2.24, 2.45) is 5.92 Å². The van der Waals surface area contributed by atoms with Crippen LogP contribution < -0.4 is 0 Å². The van der Waals surface area contributed by atoms with Gasteiger partial charge in [-0.15, -0.1) is 0 Å². The van der Waals surface area contributed by atoms with Crippen molar-refractivity contribution in [3.05, 3.63) is 0 Å². The fraction of sp³-hybridized carbons (Fsp3) is 0.818.